The van der Waals surface area contributed by atoms with Gasteiger partial charge in [-0.3, -0.25) is 0 Å². The van der Waals surface area contributed by atoms with E-state index >= 15 is 0 Å². The van der Waals surface area contributed by atoms with Gasteiger partial charge < -0.3 is 153 Å². The maximum Gasteiger partial charge on any atom is 4.00 e. The molecule has 0 bridgehead atoms. The molecule has 43 heavy (non-hydrogen) atoms. The fraction of sp³-hybridized carbons (Fsp3) is 0. The second-order valence-electron chi connectivity index (χ2n) is 2.24. The van der Waals surface area contributed by atoms with Gasteiger partial charge in [-0.2, -0.15) is 0 Å². The van der Waals surface area contributed by atoms with Gasteiger partial charge in [-0.15, -0.1) is 0 Å². The van der Waals surface area contributed by atoms with Crippen molar-refractivity contribution in [2.24, 2.45) is 0 Å². The van der Waals surface area contributed by atoms with Crippen LogP contribution >= 0.6 is 0 Å². The number of hydrogen-bond donors (Lipinski definition) is 0. The first-order valence-corrected chi connectivity index (χ1v) is 5.48. The zero-order valence-corrected chi connectivity index (χ0v) is 24.5. The van der Waals surface area contributed by atoms with Gasteiger partial charge in [0, 0.05) is 0 Å². The van der Waals surface area contributed by atoms with Crippen LogP contribution in [0.25, 0.3) is 0 Å². The first kappa shape index (κ1) is 83.2. The molecule has 0 amide bonds. The summed E-state index contributed by atoms with van der Waals surface area (Å²) in [5.74, 6) is 0. The molecule has 0 atom stereocenters. The summed E-state index contributed by atoms with van der Waals surface area (Å²) in [7, 11) is 0. The Bertz CT molecular complexity index is 480. The Morgan fingerprint density at radius 2 is 0.186 bits per heavy atom. The molecule has 0 fully saturated rings. The maximum atomic E-state index is 8.25. The summed E-state index contributed by atoms with van der Waals surface area (Å²) in [5.41, 5.74) is 0. The molecule has 43 heteroatoms. The largest absolute Gasteiger partial charge is 4.00 e. The molecule has 0 rings (SSSR count). The van der Waals surface area contributed by atoms with E-state index in [1.54, 1.807) is 0 Å². The maximum absolute atomic E-state index is 8.25. The van der Waals surface area contributed by atoms with Gasteiger partial charge in [0.2, 0.25) is 0 Å². The van der Waals surface area contributed by atoms with Gasteiger partial charge in [-0.25, -0.2) is 0 Å². The van der Waals surface area contributed by atoms with Gasteiger partial charge in [0.25, 0.3) is 0 Å². The summed E-state index contributed by atoms with van der Waals surface area (Å²) in [6.45, 7) is 0. The van der Waals surface area contributed by atoms with Crippen molar-refractivity contribution in [1.29, 1.82) is 0 Å². The third-order valence-electron chi connectivity index (χ3n) is 0. The quantitative estimate of drug-likeness (QED) is 0.139. The molecule has 0 saturated heterocycles. The van der Waals surface area contributed by atoms with Crippen LogP contribution in [0, 0.1) is 153 Å². The van der Waals surface area contributed by atoms with E-state index in [0.717, 1.165) is 0 Å². The second-order valence-corrected chi connectivity index (χ2v) is 2.24. The Morgan fingerprint density at radius 3 is 0.186 bits per heavy atom. The molecule has 248 valence electrons. The zero-order valence-electron chi connectivity index (χ0n) is 18.0. The van der Waals surface area contributed by atoms with Crippen molar-refractivity contribution in [2.45, 2.75) is 0 Å². The van der Waals surface area contributed by atoms with Crippen LogP contribution in [-0.2, 0) is 72.8 Å². The smallest absolute Gasteiger partial charge is 0.356 e. The van der Waals surface area contributed by atoms with E-state index in [-0.39, 0.29) is 72.8 Å². The molecule has 0 unspecified atom stereocenters. The monoisotopic (exact) mass is 906 g/mol. The minimum absolute atomic E-state index is 0. The summed E-state index contributed by atoms with van der Waals surface area (Å²) in [6, 6.07) is 0. The summed E-state index contributed by atoms with van der Waals surface area (Å²) in [5, 5.41) is 148. The molecule has 0 aromatic carbocycles. The summed E-state index contributed by atoms with van der Waals surface area (Å²) >= 11 is 0. The van der Waals surface area contributed by atoms with E-state index in [1.807, 2.05) is 0 Å². The molecule has 0 aliphatic carbocycles. The summed E-state index contributed by atoms with van der Waals surface area (Å²) in [4.78, 5) is 82.5. The fourth-order valence-electron chi connectivity index (χ4n) is 0. The first-order valence-electron chi connectivity index (χ1n) is 5.48. The molecule has 0 spiro atoms. The van der Waals surface area contributed by atoms with Crippen LogP contribution in [0.15, 0.2) is 0 Å². The van der Waals surface area contributed by atoms with Crippen LogP contribution < -0.4 is 0 Å². The number of rotatable bonds is 0. The molecule has 0 heterocycles. The molecule has 0 saturated carbocycles. The molecule has 0 aliphatic heterocycles. The van der Waals surface area contributed by atoms with Gasteiger partial charge in [-0.1, -0.05) is 0 Å². The molecule has 0 aliphatic rings. The Labute approximate surface area is 276 Å². The topological polar surface area (TPSA) is 662 Å². The minimum Gasteiger partial charge on any atom is -0.356 e. The third kappa shape index (κ3) is 1390. The van der Waals surface area contributed by atoms with E-state index in [1.165, 1.54) is 0 Å². The van der Waals surface area contributed by atoms with Crippen LogP contribution in [0.1, 0.15) is 0 Å². The second kappa shape index (κ2) is 76.6. The van der Waals surface area contributed by atoms with Crippen LogP contribution in [0.4, 0.5) is 0 Å². The third-order valence-corrected chi connectivity index (χ3v) is 0. The Morgan fingerprint density at radius 1 is 0.186 bits per heavy atom. The van der Waals surface area contributed by atoms with Crippen molar-refractivity contribution in [3.63, 3.8) is 0 Å². The molecular weight excluding hydrogens is 909 g/mol. The van der Waals surface area contributed by atoms with E-state index < -0.39 is 50.9 Å². The van der Waals surface area contributed by atoms with E-state index in [2.05, 4.69) is 0 Å². The molecule has 0 aromatic rings. The van der Waals surface area contributed by atoms with Crippen molar-refractivity contribution in [1.82, 2.24) is 0 Å². The standard InChI is InChI=1S/10NO3.Pd.2Zr/c10*2-1(3)4;;;/q10*-1;+2;2*+4. The number of hydrogen-bond acceptors (Lipinski definition) is 30. The first-order chi connectivity index (χ1) is 17.3. The Balaban J connectivity index is -0.0000000210. The minimum atomic E-state index is -1.75. The summed E-state index contributed by atoms with van der Waals surface area (Å²) < 4.78 is 0. The van der Waals surface area contributed by atoms with Crippen LogP contribution in [0.5, 0.6) is 0 Å². The van der Waals surface area contributed by atoms with E-state index in [0.29, 0.717) is 0 Å². The average molecular weight is 909 g/mol. The van der Waals surface area contributed by atoms with E-state index in [9.17, 15) is 0 Å². The fourth-order valence-corrected chi connectivity index (χ4v) is 0. The molecule has 0 radical (unpaired) electrons. The van der Waals surface area contributed by atoms with Crippen molar-refractivity contribution < 1.29 is 124 Å². The van der Waals surface area contributed by atoms with Crippen molar-refractivity contribution >= 4 is 0 Å². The van der Waals surface area contributed by atoms with Crippen molar-refractivity contribution in [2.75, 3.05) is 0 Å². The van der Waals surface area contributed by atoms with Gasteiger partial charge in [0.05, 0.1) is 50.9 Å². The van der Waals surface area contributed by atoms with Gasteiger partial charge in [0.1, 0.15) is 0 Å². The van der Waals surface area contributed by atoms with Crippen molar-refractivity contribution in [3.05, 3.63) is 153 Å². The van der Waals surface area contributed by atoms with Crippen LogP contribution in [0.3, 0.4) is 0 Å². The van der Waals surface area contributed by atoms with E-state index in [4.69, 9.17) is 153 Å². The molecular formula is N10O30PdZr2. The molecule has 0 aromatic heterocycles. The van der Waals surface area contributed by atoms with Gasteiger partial charge in [-0.05, 0) is 0 Å². The average Bonchev–Trinajstić information content (AvgIpc) is 2.47. The van der Waals surface area contributed by atoms with Crippen LogP contribution in [0.2, 0.25) is 0 Å². The molecule has 40 nitrogen and oxygen atoms in total. The summed E-state index contributed by atoms with van der Waals surface area (Å²) in [6.07, 6.45) is 0. The molecule has 0 N–H and O–H groups in total. The normalized spacial score (nSPS) is 5.58. The predicted octanol–water partition coefficient (Wildman–Crippen LogP) is -2.40. The van der Waals surface area contributed by atoms with Crippen LogP contribution in [-0.4, -0.2) is 50.9 Å². The SMILES string of the molecule is O=[N+]([O-])[O-].O=[N+]([O-])[O-].O=[N+]([O-])[O-].O=[N+]([O-])[O-].O=[N+]([O-])[O-].O=[N+]([O-])[O-].O=[N+]([O-])[O-].O=[N+]([O-])[O-].O=[N+]([O-])[O-].O=[N+]([O-])[O-].[Pd+2].[Zr+4].[Zr+4]. The zero-order chi connectivity index (χ0) is 35.8. The predicted molar refractivity (Wildman–Crippen MR) is 104 cm³/mol. The van der Waals surface area contributed by atoms with Gasteiger partial charge >= 0.3 is 72.8 Å². The number of nitrogens with zero attached hydrogens (tertiary/aromatic N) is 10. The van der Waals surface area contributed by atoms with Gasteiger partial charge in [0.15, 0.2) is 0 Å². The Hall–Kier alpha value is -5.57. The Kier molecular flexibility index (Phi) is 148. The van der Waals surface area contributed by atoms with Crippen molar-refractivity contribution in [3.8, 4) is 0 Å².